The fraction of sp³-hybridized carbons (Fsp3) is 0.154. The molecule has 96 valence electrons. The van der Waals surface area contributed by atoms with Crippen LogP contribution in [0.3, 0.4) is 0 Å². The summed E-state index contributed by atoms with van der Waals surface area (Å²) in [6.07, 6.45) is 1.51. The highest BCUT2D eigenvalue weighted by atomic mass is 32.1. The predicted molar refractivity (Wildman–Crippen MR) is 71.5 cm³/mol. The van der Waals surface area contributed by atoms with Crippen LogP contribution in [0.5, 0.6) is 0 Å². The summed E-state index contributed by atoms with van der Waals surface area (Å²) in [5.41, 5.74) is 7.29. The number of carbonyl (C=O) groups excluding carboxylic acids is 1. The monoisotopic (exact) mass is 273 g/mol. The zero-order valence-corrected chi connectivity index (χ0v) is 11.0. The van der Waals surface area contributed by atoms with Gasteiger partial charge in [-0.05, 0) is 30.7 Å². The van der Waals surface area contributed by atoms with Crippen molar-refractivity contribution >= 4 is 23.0 Å². The Morgan fingerprint density at radius 3 is 3.00 bits per heavy atom. The number of ether oxygens (including phenoxy) is 1. The highest BCUT2D eigenvalue weighted by molar-refractivity contribution is 7.14. The molecule has 0 radical (unpaired) electrons. The van der Waals surface area contributed by atoms with Gasteiger partial charge in [-0.2, -0.15) is 5.26 Å². The zero-order chi connectivity index (χ0) is 13.8. The van der Waals surface area contributed by atoms with E-state index in [0.717, 1.165) is 10.4 Å². The summed E-state index contributed by atoms with van der Waals surface area (Å²) in [6, 6.07) is 6.82. The number of hydrogen-bond acceptors (Lipinski definition) is 6. The van der Waals surface area contributed by atoms with E-state index in [1.54, 1.807) is 18.2 Å². The topological polar surface area (TPSA) is 89.0 Å². The highest BCUT2D eigenvalue weighted by Crippen LogP contribution is 2.24. The average molecular weight is 273 g/mol. The van der Waals surface area contributed by atoms with Crippen molar-refractivity contribution in [1.29, 1.82) is 5.26 Å². The van der Waals surface area contributed by atoms with E-state index in [1.807, 2.05) is 13.0 Å². The number of thiophene rings is 1. The Labute approximate surface area is 114 Å². The van der Waals surface area contributed by atoms with Crippen molar-refractivity contribution in [2.45, 2.75) is 13.5 Å². The summed E-state index contributed by atoms with van der Waals surface area (Å²) in [5.74, 6) is -0.417. The molecule has 2 rings (SSSR count). The van der Waals surface area contributed by atoms with Gasteiger partial charge in [0.1, 0.15) is 23.2 Å². The third kappa shape index (κ3) is 3.09. The summed E-state index contributed by atoms with van der Waals surface area (Å²) in [4.78, 5) is 17.0. The fourth-order valence-electron chi connectivity index (χ4n) is 1.44. The van der Waals surface area contributed by atoms with Gasteiger partial charge in [0.05, 0.1) is 0 Å². The van der Waals surface area contributed by atoms with Crippen LogP contribution in [0.1, 0.15) is 25.8 Å². The van der Waals surface area contributed by atoms with Crippen LogP contribution in [-0.4, -0.2) is 11.0 Å². The van der Waals surface area contributed by atoms with Gasteiger partial charge in [-0.3, -0.25) is 0 Å². The molecule has 0 aliphatic carbocycles. The Hall–Kier alpha value is -2.39. The average Bonchev–Trinajstić information content (AvgIpc) is 2.76. The van der Waals surface area contributed by atoms with E-state index in [0.29, 0.717) is 16.3 Å². The molecule has 0 bridgehead atoms. The molecule has 2 N–H and O–H groups in total. The number of nitrogens with zero attached hydrogens (tertiary/aromatic N) is 2. The fourth-order valence-corrected chi connectivity index (χ4v) is 2.28. The highest BCUT2D eigenvalue weighted by Gasteiger charge is 2.12. The summed E-state index contributed by atoms with van der Waals surface area (Å²) in [6.45, 7) is 1.95. The van der Waals surface area contributed by atoms with Gasteiger partial charge >= 0.3 is 5.97 Å². The zero-order valence-electron chi connectivity index (χ0n) is 10.2. The van der Waals surface area contributed by atoms with E-state index in [-0.39, 0.29) is 6.61 Å². The third-order valence-corrected chi connectivity index (χ3v) is 3.51. The van der Waals surface area contributed by atoms with Crippen molar-refractivity contribution in [3.05, 3.63) is 45.4 Å². The number of nitriles is 1. The molecule has 5 nitrogen and oxygen atoms in total. The molecule has 0 aliphatic rings. The summed E-state index contributed by atoms with van der Waals surface area (Å²) < 4.78 is 5.16. The van der Waals surface area contributed by atoms with Crippen LogP contribution >= 0.6 is 11.3 Å². The van der Waals surface area contributed by atoms with E-state index in [1.165, 1.54) is 17.5 Å². The first-order valence-corrected chi connectivity index (χ1v) is 6.30. The number of aryl methyl sites for hydroxylation is 1. The standard InChI is InChI=1S/C13H11N3O2S/c1-8-11(15)5-12(19-8)13(17)18-7-9-2-3-16-10(4-9)6-14/h2-5H,7,15H2,1H3. The Kier molecular flexibility index (Phi) is 3.78. The van der Waals surface area contributed by atoms with E-state index in [2.05, 4.69) is 4.98 Å². The Balaban J connectivity index is 2.02. The van der Waals surface area contributed by atoms with Gasteiger partial charge in [0.25, 0.3) is 0 Å². The molecule has 0 fully saturated rings. The first kappa shape index (κ1) is 13.1. The molecule has 0 unspecified atom stereocenters. The summed E-state index contributed by atoms with van der Waals surface area (Å²) in [5, 5.41) is 8.72. The number of nitrogen functional groups attached to an aromatic ring is 1. The van der Waals surface area contributed by atoms with Gasteiger partial charge in [-0.15, -0.1) is 11.3 Å². The minimum Gasteiger partial charge on any atom is -0.457 e. The number of nitrogens with two attached hydrogens (primary N) is 1. The van der Waals surface area contributed by atoms with Crippen LogP contribution < -0.4 is 5.73 Å². The lowest BCUT2D eigenvalue weighted by Gasteiger charge is -2.03. The molecular weight excluding hydrogens is 262 g/mol. The molecule has 0 aromatic carbocycles. The molecule has 0 saturated carbocycles. The minimum absolute atomic E-state index is 0.104. The molecular formula is C13H11N3O2S. The van der Waals surface area contributed by atoms with Crippen LogP contribution in [0.25, 0.3) is 0 Å². The van der Waals surface area contributed by atoms with Gasteiger partial charge in [0, 0.05) is 16.8 Å². The van der Waals surface area contributed by atoms with Crippen molar-refractivity contribution in [2.75, 3.05) is 5.73 Å². The smallest absolute Gasteiger partial charge is 0.348 e. The van der Waals surface area contributed by atoms with Crippen LogP contribution in [0, 0.1) is 18.3 Å². The van der Waals surface area contributed by atoms with Crippen molar-refractivity contribution in [3.63, 3.8) is 0 Å². The number of esters is 1. The summed E-state index contributed by atoms with van der Waals surface area (Å²) >= 11 is 1.30. The second-order valence-electron chi connectivity index (χ2n) is 3.86. The van der Waals surface area contributed by atoms with Crippen LogP contribution in [-0.2, 0) is 11.3 Å². The lowest BCUT2D eigenvalue weighted by Crippen LogP contribution is -2.03. The maximum absolute atomic E-state index is 11.8. The number of pyridine rings is 1. The molecule has 19 heavy (non-hydrogen) atoms. The van der Waals surface area contributed by atoms with Crippen LogP contribution in [0.4, 0.5) is 5.69 Å². The largest absolute Gasteiger partial charge is 0.457 e. The second kappa shape index (κ2) is 5.50. The first-order chi connectivity index (χ1) is 9.10. The van der Waals surface area contributed by atoms with E-state index in [9.17, 15) is 4.79 Å². The molecule has 2 heterocycles. The summed E-state index contributed by atoms with van der Waals surface area (Å²) in [7, 11) is 0. The molecule has 0 spiro atoms. The Bertz CT molecular complexity index is 639. The second-order valence-corrected chi connectivity index (χ2v) is 5.12. The van der Waals surface area contributed by atoms with Gasteiger partial charge in [0.2, 0.25) is 0 Å². The molecule has 0 saturated heterocycles. The SMILES string of the molecule is Cc1sc(C(=O)OCc2ccnc(C#N)c2)cc1N. The van der Waals surface area contributed by atoms with Gasteiger partial charge in [-0.1, -0.05) is 0 Å². The number of hydrogen-bond donors (Lipinski definition) is 1. The van der Waals surface area contributed by atoms with Crippen molar-refractivity contribution < 1.29 is 9.53 Å². The van der Waals surface area contributed by atoms with Crippen molar-refractivity contribution in [2.24, 2.45) is 0 Å². The quantitative estimate of drug-likeness (QED) is 0.866. The molecule has 2 aromatic rings. The first-order valence-electron chi connectivity index (χ1n) is 5.48. The predicted octanol–water partition coefficient (Wildman–Crippen LogP) is 2.26. The van der Waals surface area contributed by atoms with Crippen molar-refractivity contribution in [1.82, 2.24) is 4.98 Å². The van der Waals surface area contributed by atoms with Gasteiger partial charge in [0.15, 0.2) is 0 Å². The lowest BCUT2D eigenvalue weighted by atomic mass is 10.2. The molecule has 0 atom stereocenters. The Morgan fingerprint density at radius 1 is 1.58 bits per heavy atom. The normalized spacial score (nSPS) is 9.89. The van der Waals surface area contributed by atoms with Gasteiger partial charge in [-0.25, -0.2) is 9.78 Å². The molecule has 2 aromatic heterocycles. The maximum atomic E-state index is 11.8. The number of rotatable bonds is 3. The third-order valence-electron chi connectivity index (χ3n) is 2.47. The van der Waals surface area contributed by atoms with Crippen LogP contribution in [0.2, 0.25) is 0 Å². The van der Waals surface area contributed by atoms with E-state index >= 15 is 0 Å². The van der Waals surface area contributed by atoms with Crippen molar-refractivity contribution in [3.8, 4) is 6.07 Å². The van der Waals surface area contributed by atoms with E-state index < -0.39 is 5.97 Å². The molecule has 0 aliphatic heterocycles. The number of anilines is 1. The van der Waals surface area contributed by atoms with Crippen LogP contribution in [0.15, 0.2) is 24.4 Å². The lowest BCUT2D eigenvalue weighted by molar-refractivity contribution is 0.0478. The van der Waals surface area contributed by atoms with E-state index in [4.69, 9.17) is 15.7 Å². The molecule has 0 amide bonds. The number of aromatic nitrogens is 1. The maximum Gasteiger partial charge on any atom is 0.348 e. The molecule has 6 heteroatoms. The number of carbonyl (C=O) groups is 1. The Morgan fingerprint density at radius 2 is 2.37 bits per heavy atom. The minimum atomic E-state index is -0.417. The van der Waals surface area contributed by atoms with Gasteiger partial charge < -0.3 is 10.5 Å².